The summed E-state index contributed by atoms with van der Waals surface area (Å²) >= 11 is 5.63. The third-order valence-electron chi connectivity index (χ3n) is 1.86. The van der Waals surface area contributed by atoms with Gasteiger partial charge in [-0.25, -0.2) is 8.42 Å². The molecule has 0 saturated carbocycles. The Bertz CT molecular complexity index is 415. The van der Waals surface area contributed by atoms with Gasteiger partial charge in [0.2, 0.25) is 0 Å². The van der Waals surface area contributed by atoms with E-state index in [1.54, 1.807) is 0 Å². The van der Waals surface area contributed by atoms with E-state index in [2.05, 4.69) is 0 Å². The highest BCUT2D eigenvalue weighted by atomic mass is 35.5. The molecule has 1 atom stereocenters. The SMILES string of the molecule is NCC(O)CS(=O)(=O)c1ccc(Cl)cc1. The van der Waals surface area contributed by atoms with E-state index in [1.165, 1.54) is 24.3 Å². The summed E-state index contributed by atoms with van der Waals surface area (Å²) in [5.41, 5.74) is 5.15. The summed E-state index contributed by atoms with van der Waals surface area (Å²) in [6.45, 7) is -0.0766. The number of nitrogens with two attached hydrogens (primary N) is 1. The van der Waals surface area contributed by atoms with Crippen molar-refractivity contribution in [2.45, 2.75) is 11.0 Å². The third-order valence-corrected chi connectivity index (χ3v) is 3.92. The molecule has 0 aliphatic heterocycles. The molecule has 0 heterocycles. The van der Waals surface area contributed by atoms with E-state index in [4.69, 9.17) is 17.3 Å². The van der Waals surface area contributed by atoms with Crippen LogP contribution in [0, 0.1) is 0 Å². The number of sulfone groups is 1. The number of benzene rings is 1. The van der Waals surface area contributed by atoms with Gasteiger partial charge in [-0.15, -0.1) is 0 Å². The first kappa shape index (κ1) is 12.4. The van der Waals surface area contributed by atoms with Crippen molar-refractivity contribution in [1.82, 2.24) is 0 Å². The normalized spacial score (nSPS) is 13.8. The van der Waals surface area contributed by atoms with Crippen LogP contribution in [-0.2, 0) is 9.84 Å². The van der Waals surface area contributed by atoms with Crippen molar-refractivity contribution in [1.29, 1.82) is 0 Å². The first-order chi connectivity index (χ1) is 6.95. The summed E-state index contributed by atoms with van der Waals surface area (Å²) in [6.07, 6.45) is -1.04. The molecule has 0 saturated heterocycles. The monoisotopic (exact) mass is 249 g/mol. The van der Waals surface area contributed by atoms with Crippen LogP contribution in [0.3, 0.4) is 0 Å². The molecule has 0 spiro atoms. The Labute approximate surface area is 93.6 Å². The van der Waals surface area contributed by atoms with Crippen molar-refractivity contribution in [3.05, 3.63) is 29.3 Å². The second kappa shape index (κ2) is 4.94. The lowest BCUT2D eigenvalue weighted by atomic mass is 10.4. The number of aliphatic hydroxyl groups is 1. The first-order valence-electron chi connectivity index (χ1n) is 4.32. The summed E-state index contributed by atoms with van der Waals surface area (Å²) in [6, 6.07) is 5.79. The molecule has 1 unspecified atom stereocenters. The van der Waals surface area contributed by atoms with E-state index >= 15 is 0 Å². The Balaban J connectivity index is 2.91. The lowest BCUT2D eigenvalue weighted by Gasteiger charge is -2.08. The molecule has 0 aliphatic carbocycles. The second-order valence-electron chi connectivity index (χ2n) is 3.12. The molecule has 6 heteroatoms. The smallest absolute Gasteiger partial charge is 0.180 e. The predicted molar refractivity (Wildman–Crippen MR) is 58.6 cm³/mol. The minimum Gasteiger partial charge on any atom is -0.391 e. The number of hydrogen-bond acceptors (Lipinski definition) is 4. The van der Waals surface area contributed by atoms with Crippen molar-refractivity contribution in [3.8, 4) is 0 Å². The lowest BCUT2D eigenvalue weighted by molar-refractivity contribution is 0.205. The molecule has 3 N–H and O–H groups in total. The number of hydrogen-bond donors (Lipinski definition) is 2. The Morgan fingerprint density at radius 3 is 2.33 bits per heavy atom. The van der Waals surface area contributed by atoms with Crippen molar-refractivity contribution < 1.29 is 13.5 Å². The summed E-state index contributed by atoms with van der Waals surface area (Å²) in [4.78, 5) is 0.138. The van der Waals surface area contributed by atoms with Gasteiger partial charge in [0.25, 0.3) is 0 Å². The van der Waals surface area contributed by atoms with Gasteiger partial charge in [-0.1, -0.05) is 11.6 Å². The Morgan fingerprint density at radius 1 is 1.33 bits per heavy atom. The van der Waals surface area contributed by atoms with Crippen LogP contribution in [-0.4, -0.2) is 31.9 Å². The molecule has 4 nitrogen and oxygen atoms in total. The van der Waals surface area contributed by atoms with Crippen molar-refractivity contribution in [3.63, 3.8) is 0 Å². The Kier molecular flexibility index (Phi) is 4.10. The molecule has 0 fully saturated rings. The van der Waals surface area contributed by atoms with Gasteiger partial charge < -0.3 is 10.8 Å². The third kappa shape index (κ3) is 3.46. The van der Waals surface area contributed by atoms with Crippen molar-refractivity contribution in [2.75, 3.05) is 12.3 Å². The van der Waals surface area contributed by atoms with Crippen LogP contribution in [0.15, 0.2) is 29.2 Å². The summed E-state index contributed by atoms with van der Waals surface area (Å²) in [5, 5.41) is 9.65. The van der Waals surface area contributed by atoms with E-state index in [0.29, 0.717) is 5.02 Å². The molecule has 84 valence electrons. The highest BCUT2D eigenvalue weighted by Gasteiger charge is 2.18. The van der Waals surface area contributed by atoms with Crippen LogP contribution in [0.25, 0.3) is 0 Å². The zero-order valence-electron chi connectivity index (χ0n) is 7.93. The molecule has 15 heavy (non-hydrogen) atoms. The highest BCUT2D eigenvalue weighted by molar-refractivity contribution is 7.91. The molecule has 0 aliphatic rings. The van der Waals surface area contributed by atoms with E-state index < -0.39 is 15.9 Å². The standard InChI is InChI=1S/C9H12ClNO3S/c10-7-1-3-9(4-2-7)15(13,14)6-8(12)5-11/h1-4,8,12H,5-6,11H2. The Hall–Kier alpha value is -0.620. The molecule has 1 rings (SSSR count). The van der Waals surface area contributed by atoms with Crippen molar-refractivity contribution in [2.24, 2.45) is 5.73 Å². The topological polar surface area (TPSA) is 80.4 Å². The summed E-state index contributed by atoms with van der Waals surface area (Å²) in [7, 11) is -3.48. The van der Waals surface area contributed by atoms with E-state index in [1.807, 2.05) is 0 Å². The maximum atomic E-state index is 11.7. The molecule has 0 amide bonds. The van der Waals surface area contributed by atoms with Gasteiger partial charge >= 0.3 is 0 Å². The quantitative estimate of drug-likeness (QED) is 0.811. The average Bonchev–Trinajstić information content (AvgIpc) is 2.17. The maximum absolute atomic E-state index is 11.7. The van der Waals surface area contributed by atoms with E-state index in [0.717, 1.165) is 0 Å². The predicted octanol–water partition coefficient (Wildman–Crippen LogP) is 0.433. The van der Waals surface area contributed by atoms with Crippen LogP contribution in [0.2, 0.25) is 5.02 Å². The fraction of sp³-hybridized carbons (Fsp3) is 0.333. The molecule has 0 radical (unpaired) electrons. The minimum absolute atomic E-state index is 0.0766. The fourth-order valence-corrected chi connectivity index (χ4v) is 2.57. The lowest BCUT2D eigenvalue weighted by Crippen LogP contribution is -2.28. The van der Waals surface area contributed by atoms with Crippen molar-refractivity contribution >= 4 is 21.4 Å². The van der Waals surface area contributed by atoms with Gasteiger partial charge in [0, 0.05) is 11.6 Å². The molecule has 0 aromatic heterocycles. The van der Waals surface area contributed by atoms with Gasteiger partial charge in [-0.2, -0.15) is 0 Å². The number of halogens is 1. The molecule has 0 bridgehead atoms. The minimum atomic E-state index is -3.48. The van der Waals surface area contributed by atoms with Crippen LogP contribution in [0.5, 0.6) is 0 Å². The second-order valence-corrected chi connectivity index (χ2v) is 5.60. The zero-order chi connectivity index (χ0) is 11.5. The van der Waals surface area contributed by atoms with Gasteiger partial charge in [0.1, 0.15) is 0 Å². The molecular formula is C9H12ClNO3S. The van der Waals surface area contributed by atoms with Gasteiger partial charge in [0.05, 0.1) is 16.8 Å². The number of rotatable bonds is 4. The van der Waals surface area contributed by atoms with Gasteiger partial charge in [-0.05, 0) is 24.3 Å². The van der Waals surface area contributed by atoms with Crippen LogP contribution in [0.1, 0.15) is 0 Å². The zero-order valence-corrected chi connectivity index (χ0v) is 9.50. The van der Waals surface area contributed by atoms with Gasteiger partial charge in [-0.3, -0.25) is 0 Å². The fourth-order valence-electron chi connectivity index (χ4n) is 1.06. The molecular weight excluding hydrogens is 238 g/mol. The maximum Gasteiger partial charge on any atom is 0.180 e. The molecule has 1 aromatic rings. The van der Waals surface area contributed by atoms with Crippen LogP contribution < -0.4 is 5.73 Å². The van der Waals surface area contributed by atoms with Crippen LogP contribution in [0.4, 0.5) is 0 Å². The van der Waals surface area contributed by atoms with E-state index in [9.17, 15) is 13.5 Å². The van der Waals surface area contributed by atoms with E-state index in [-0.39, 0.29) is 17.2 Å². The van der Waals surface area contributed by atoms with Crippen LogP contribution >= 0.6 is 11.6 Å². The summed E-state index contributed by atoms with van der Waals surface area (Å²) < 4.78 is 23.3. The molecule has 1 aromatic carbocycles. The first-order valence-corrected chi connectivity index (χ1v) is 6.35. The largest absolute Gasteiger partial charge is 0.391 e. The highest BCUT2D eigenvalue weighted by Crippen LogP contribution is 2.15. The van der Waals surface area contributed by atoms with Gasteiger partial charge in [0.15, 0.2) is 9.84 Å². The Morgan fingerprint density at radius 2 is 1.87 bits per heavy atom. The summed E-state index contributed by atoms with van der Waals surface area (Å²) in [5.74, 6) is -0.370. The average molecular weight is 250 g/mol. The number of aliphatic hydroxyl groups excluding tert-OH is 1.